The summed E-state index contributed by atoms with van der Waals surface area (Å²) in [6.45, 7) is 2.29. The Labute approximate surface area is 182 Å². The first-order valence-corrected chi connectivity index (χ1v) is 13.0. The van der Waals surface area contributed by atoms with Gasteiger partial charge in [-0.3, -0.25) is 4.79 Å². The number of esters is 1. The molecule has 0 atom stereocenters. The van der Waals surface area contributed by atoms with Crippen LogP contribution in [-0.2, 0) is 9.53 Å². The van der Waals surface area contributed by atoms with E-state index in [0.717, 1.165) is 12.8 Å². The first-order valence-electron chi connectivity index (χ1n) is 13.0. The lowest BCUT2D eigenvalue weighted by atomic mass is 10.0. The Morgan fingerprint density at radius 3 is 1.41 bits per heavy atom. The van der Waals surface area contributed by atoms with E-state index < -0.39 is 0 Å². The summed E-state index contributed by atoms with van der Waals surface area (Å²) in [6, 6.07) is 0. The number of carbonyl (C=O) groups is 1. The number of hydrogen-bond acceptors (Lipinski definition) is 2. The van der Waals surface area contributed by atoms with E-state index >= 15 is 0 Å². The molecule has 1 aliphatic rings. The zero-order chi connectivity index (χ0) is 21.0. The minimum absolute atomic E-state index is 0.0665. The van der Waals surface area contributed by atoms with Gasteiger partial charge in [-0.25, -0.2) is 0 Å². The fourth-order valence-corrected chi connectivity index (χ4v) is 4.34. The Kier molecular flexibility index (Phi) is 17.4. The summed E-state index contributed by atoms with van der Waals surface area (Å²) in [5.41, 5.74) is 3.42. The normalized spacial score (nSPS) is 13.2. The monoisotopic (exact) mass is 406 g/mol. The lowest BCUT2D eigenvalue weighted by Crippen LogP contribution is -1.98. The van der Waals surface area contributed by atoms with Crippen LogP contribution in [0.1, 0.15) is 148 Å². The van der Waals surface area contributed by atoms with Crippen molar-refractivity contribution in [1.82, 2.24) is 0 Å². The van der Waals surface area contributed by atoms with Gasteiger partial charge in [0.15, 0.2) is 0 Å². The van der Waals surface area contributed by atoms with Gasteiger partial charge in [-0.2, -0.15) is 0 Å². The van der Waals surface area contributed by atoms with Gasteiger partial charge in [0.1, 0.15) is 0 Å². The van der Waals surface area contributed by atoms with Gasteiger partial charge in [-0.1, -0.05) is 114 Å². The first-order chi connectivity index (χ1) is 14.3. The van der Waals surface area contributed by atoms with Gasteiger partial charge in [0, 0.05) is 6.42 Å². The van der Waals surface area contributed by atoms with Crippen molar-refractivity contribution < 1.29 is 9.53 Å². The second-order valence-corrected chi connectivity index (χ2v) is 9.22. The summed E-state index contributed by atoms with van der Waals surface area (Å²) in [6.07, 6.45) is 29.6. The highest BCUT2D eigenvalue weighted by molar-refractivity contribution is 5.68. The van der Waals surface area contributed by atoms with Gasteiger partial charge < -0.3 is 4.74 Å². The molecule has 0 heterocycles. The van der Waals surface area contributed by atoms with Gasteiger partial charge >= 0.3 is 5.97 Å². The third-order valence-corrected chi connectivity index (χ3v) is 6.47. The van der Waals surface area contributed by atoms with Crippen molar-refractivity contribution in [2.24, 2.45) is 0 Å². The molecule has 0 aromatic carbocycles. The quantitative estimate of drug-likeness (QED) is 0.102. The Morgan fingerprint density at radius 2 is 1.00 bits per heavy atom. The van der Waals surface area contributed by atoms with E-state index in [1.807, 2.05) is 0 Å². The minimum Gasteiger partial charge on any atom is -0.469 e. The standard InChI is InChI=1S/C27H50O2/c1-3-4-5-6-7-8-9-10-11-12-13-14-15-16-17-18-21-25-24-26(25)22-19-20-23-27(28)29-2/h3-24H2,1-2H3. The number of allylic oxidation sites excluding steroid dienone is 2. The average Bonchev–Trinajstić information content (AvgIpc) is 3.48. The van der Waals surface area contributed by atoms with Crippen LogP contribution in [0.2, 0.25) is 0 Å². The second kappa shape index (κ2) is 19.2. The van der Waals surface area contributed by atoms with Crippen molar-refractivity contribution in [3.8, 4) is 0 Å². The predicted octanol–water partition coefficient (Wildman–Crippen LogP) is 9.07. The molecule has 0 N–H and O–H groups in total. The molecule has 0 aromatic heterocycles. The third-order valence-electron chi connectivity index (χ3n) is 6.47. The highest BCUT2D eigenvalue weighted by atomic mass is 16.5. The number of methoxy groups -OCH3 is 1. The number of ether oxygens (including phenoxy) is 1. The Morgan fingerprint density at radius 1 is 0.621 bits per heavy atom. The van der Waals surface area contributed by atoms with E-state index in [9.17, 15) is 4.79 Å². The summed E-state index contributed by atoms with van der Waals surface area (Å²) in [5.74, 6) is -0.0665. The first kappa shape index (κ1) is 26.2. The molecule has 0 saturated heterocycles. The second-order valence-electron chi connectivity index (χ2n) is 9.22. The highest BCUT2D eigenvalue weighted by Crippen LogP contribution is 2.38. The molecular weight excluding hydrogens is 356 g/mol. The lowest BCUT2D eigenvalue weighted by molar-refractivity contribution is -0.140. The molecule has 0 aromatic rings. The maximum Gasteiger partial charge on any atom is 0.305 e. The van der Waals surface area contributed by atoms with Crippen LogP contribution in [0.25, 0.3) is 0 Å². The van der Waals surface area contributed by atoms with Gasteiger partial charge in [0.2, 0.25) is 0 Å². The molecule has 0 aliphatic heterocycles. The predicted molar refractivity (Wildman–Crippen MR) is 126 cm³/mol. The maximum atomic E-state index is 11.1. The van der Waals surface area contributed by atoms with Crippen LogP contribution in [0.3, 0.4) is 0 Å². The number of rotatable bonds is 22. The van der Waals surface area contributed by atoms with Gasteiger partial charge in [-0.15, -0.1) is 0 Å². The van der Waals surface area contributed by atoms with Crippen LogP contribution in [0.4, 0.5) is 0 Å². The Hall–Kier alpha value is -0.790. The van der Waals surface area contributed by atoms with Crippen molar-refractivity contribution in [3.05, 3.63) is 11.1 Å². The van der Waals surface area contributed by atoms with E-state index in [-0.39, 0.29) is 5.97 Å². The average molecular weight is 407 g/mol. The summed E-state index contributed by atoms with van der Waals surface area (Å²) in [5, 5.41) is 0. The summed E-state index contributed by atoms with van der Waals surface area (Å²) >= 11 is 0. The summed E-state index contributed by atoms with van der Waals surface area (Å²) in [7, 11) is 1.47. The molecule has 0 unspecified atom stereocenters. The molecule has 1 rings (SSSR count). The van der Waals surface area contributed by atoms with Crippen molar-refractivity contribution >= 4 is 5.97 Å². The summed E-state index contributed by atoms with van der Waals surface area (Å²) < 4.78 is 4.68. The van der Waals surface area contributed by atoms with Gasteiger partial charge in [0.25, 0.3) is 0 Å². The van der Waals surface area contributed by atoms with Crippen molar-refractivity contribution in [3.63, 3.8) is 0 Å². The molecule has 1 aliphatic carbocycles. The largest absolute Gasteiger partial charge is 0.469 e. The van der Waals surface area contributed by atoms with E-state index in [4.69, 9.17) is 0 Å². The van der Waals surface area contributed by atoms with Crippen LogP contribution >= 0.6 is 0 Å². The topological polar surface area (TPSA) is 26.3 Å². The molecule has 0 amide bonds. The van der Waals surface area contributed by atoms with Crippen LogP contribution in [0.5, 0.6) is 0 Å². The van der Waals surface area contributed by atoms with E-state index in [1.54, 1.807) is 11.1 Å². The van der Waals surface area contributed by atoms with Crippen LogP contribution < -0.4 is 0 Å². The lowest BCUT2D eigenvalue weighted by Gasteiger charge is -2.03. The molecule has 2 heteroatoms. The zero-order valence-corrected chi connectivity index (χ0v) is 19.9. The minimum atomic E-state index is -0.0665. The van der Waals surface area contributed by atoms with Crippen LogP contribution in [-0.4, -0.2) is 13.1 Å². The Balaban J connectivity index is 1.73. The van der Waals surface area contributed by atoms with Crippen LogP contribution in [0, 0.1) is 0 Å². The smallest absolute Gasteiger partial charge is 0.305 e. The fourth-order valence-electron chi connectivity index (χ4n) is 4.34. The van der Waals surface area contributed by atoms with E-state index in [0.29, 0.717) is 6.42 Å². The molecule has 0 spiro atoms. The Bertz CT molecular complexity index is 424. The van der Waals surface area contributed by atoms with E-state index in [2.05, 4.69) is 11.7 Å². The molecule has 170 valence electrons. The third kappa shape index (κ3) is 16.7. The highest BCUT2D eigenvalue weighted by Gasteiger charge is 2.19. The zero-order valence-electron chi connectivity index (χ0n) is 19.9. The maximum absolute atomic E-state index is 11.1. The molecule has 0 radical (unpaired) electrons. The number of carbonyl (C=O) groups excluding carboxylic acids is 1. The molecule has 0 fully saturated rings. The molecule has 0 bridgehead atoms. The summed E-state index contributed by atoms with van der Waals surface area (Å²) in [4.78, 5) is 11.1. The van der Waals surface area contributed by atoms with Crippen molar-refractivity contribution in [1.29, 1.82) is 0 Å². The number of unbranched alkanes of at least 4 members (excludes halogenated alkanes) is 16. The van der Waals surface area contributed by atoms with Crippen molar-refractivity contribution in [2.45, 2.75) is 148 Å². The van der Waals surface area contributed by atoms with Crippen molar-refractivity contribution in [2.75, 3.05) is 7.11 Å². The molecule has 29 heavy (non-hydrogen) atoms. The molecular formula is C27H50O2. The SMILES string of the molecule is CCCCCCCCCCCCCCCCCCC1=C(CCCCC(=O)OC)C1. The van der Waals surface area contributed by atoms with E-state index in [1.165, 1.54) is 129 Å². The fraction of sp³-hybridized carbons (Fsp3) is 0.889. The van der Waals surface area contributed by atoms with Gasteiger partial charge in [-0.05, 0) is 38.5 Å². The van der Waals surface area contributed by atoms with Crippen LogP contribution in [0.15, 0.2) is 11.1 Å². The van der Waals surface area contributed by atoms with Gasteiger partial charge in [0.05, 0.1) is 7.11 Å². The number of hydrogen-bond donors (Lipinski definition) is 0. The molecule has 0 saturated carbocycles. The molecule has 2 nitrogen and oxygen atoms in total.